The molecule has 3 atom stereocenters. The van der Waals surface area contributed by atoms with Gasteiger partial charge in [0.1, 0.15) is 23.2 Å². The van der Waals surface area contributed by atoms with Gasteiger partial charge in [-0.05, 0) is 11.1 Å². The molecule has 0 radical (unpaired) electrons. The van der Waals surface area contributed by atoms with Gasteiger partial charge in [-0.3, -0.25) is 14.5 Å². The molecule has 0 saturated carbocycles. The van der Waals surface area contributed by atoms with Crippen molar-refractivity contribution in [3.8, 4) is 0 Å². The van der Waals surface area contributed by atoms with Crippen LogP contribution in [0.3, 0.4) is 0 Å². The van der Waals surface area contributed by atoms with Gasteiger partial charge >= 0.3 is 12.1 Å². The van der Waals surface area contributed by atoms with Gasteiger partial charge in [-0.1, -0.05) is 42.1 Å². The van der Waals surface area contributed by atoms with Crippen LogP contribution in [0.15, 0.2) is 46.8 Å². The average Bonchev–Trinajstić information content (AvgIpc) is 3.20. The maximum atomic E-state index is 12.9. The summed E-state index contributed by atoms with van der Waals surface area (Å²) in [5.41, 5.74) is 6.64. The van der Waals surface area contributed by atoms with Crippen LogP contribution in [-0.2, 0) is 27.6 Å². The summed E-state index contributed by atoms with van der Waals surface area (Å²) in [6, 6.07) is 6.64. The Morgan fingerprint density at radius 2 is 2.00 bits per heavy atom. The van der Waals surface area contributed by atoms with E-state index in [4.69, 9.17) is 5.73 Å². The van der Waals surface area contributed by atoms with Crippen LogP contribution in [0.5, 0.6) is 0 Å². The number of nitrogens with two attached hydrogens (primary N) is 1. The van der Waals surface area contributed by atoms with Crippen LogP contribution < -0.4 is 11.1 Å². The second-order valence-corrected chi connectivity index (χ2v) is 9.74. The summed E-state index contributed by atoms with van der Waals surface area (Å²) in [6.45, 7) is 0. The third-order valence-corrected chi connectivity index (χ3v) is 7.90. The van der Waals surface area contributed by atoms with Crippen molar-refractivity contribution in [1.82, 2.24) is 25.0 Å². The number of β-lactam (4-membered cyclic amide) rings is 1. The van der Waals surface area contributed by atoms with Crippen LogP contribution in [0.1, 0.15) is 17.4 Å². The van der Waals surface area contributed by atoms with E-state index in [1.54, 1.807) is 30.3 Å². The van der Waals surface area contributed by atoms with E-state index in [0.29, 0.717) is 11.1 Å². The molecule has 1 saturated heterocycles. The van der Waals surface area contributed by atoms with Crippen molar-refractivity contribution < 1.29 is 32.7 Å². The van der Waals surface area contributed by atoms with E-state index in [0.717, 1.165) is 28.3 Å². The van der Waals surface area contributed by atoms with Crippen molar-refractivity contribution in [2.24, 2.45) is 12.8 Å². The first-order valence-corrected chi connectivity index (χ1v) is 12.1. The maximum absolute atomic E-state index is 12.9. The number of rotatable bonds is 7. The number of carboxylic acid groups (broad SMARTS) is 1. The summed E-state index contributed by atoms with van der Waals surface area (Å²) in [7, 11) is 1.16. The summed E-state index contributed by atoms with van der Waals surface area (Å²) >= 11 is 2.13. The van der Waals surface area contributed by atoms with Crippen molar-refractivity contribution in [3.05, 3.63) is 53.0 Å². The predicted octanol–water partition coefficient (Wildman–Crippen LogP) is 1.36. The molecule has 2 aliphatic rings. The molecule has 0 aliphatic carbocycles. The minimum Gasteiger partial charge on any atom is -0.477 e. The molecule has 15 heteroatoms. The third kappa shape index (κ3) is 4.75. The number of halogens is 3. The summed E-state index contributed by atoms with van der Waals surface area (Å²) in [6.07, 6.45) is -4.67. The zero-order valence-electron chi connectivity index (χ0n) is 18.0. The molecule has 2 amide bonds. The number of nitrogens with one attached hydrogen (secondary N) is 1. The number of thioether (sulfide) groups is 2. The number of fused-ring (bicyclic) bond motifs is 1. The number of nitrogens with zero attached hydrogens (tertiary/aromatic N) is 4. The fraction of sp³-hybridized carbons (Fsp3) is 0.350. The number of aliphatic carboxylic acids is 1. The van der Waals surface area contributed by atoms with Gasteiger partial charge in [-0.2, -0.15) is 13.2 Å². The lowest BCUT2D eigenvalue weighted by atomic mass is 10.0. The number of hydrogen-bond donors (Lipinski definition) is 3. The zero-order valence-corrected chi connectivity index (χ0v) is 19.7. The SMILES string of the molecule is Cn1c(SCC2=C(C(=O)O)N3C(=O)C(NC(=O)C(N)c4ccccc4)[C@H]3SC2)nnc1C(F)(F)F. The van der Waals surface area contributed by atoms with Crippen molar-refractivity contribution >= 4 is 41.3 Å². The molecule has 4 N–H and O–H groups in total. The smallest absolute Gasteiger partial charge is 0.451 e. The van der Waals surface area contributed by atoms with Crippen LogP contribution >= 0.6 is 23.5 Å². The Hall–Kier alpha value is -3.04. The van der Waals surface area contributed by atoms with Gasteiger partial charge in [0.05, 0.1) is 0 Å². The highest BCUT2D eigenvalue weighted by Crippen LogP contribution is 2.42. The number of hydrogen-bond acceptors (Lipinski definition) is 8. The van der Waals surface area contributed by atoms with E-state index in [2.05, 4.69) is 15.5 Å². The number of carbonyl (C=O) groups is 3. The topological polar surface area (TPSA) is 143 Å². The highest BCUT2D eigenvalue weighted by Gasteiger charge is 2.54. The van der Waals surface area contributed by atoms with Crippen molar-refractivity contribution in [1.29, 1.82) is 0 Å². The molecule has 4 rings (SSSR count). The van der Waals surface area contributed by atoms with E-state index < -0.39 is 47.2 Å². The molecule has 1 aromatic heterocycles. The Balaban J connectivity index is 1.46. The fourth-order valence-corrected chi connectivity index (χ4v) is 6.08. The highest BCUT2D eigenvalue weighted by atomic mass is 32.2. The first-order chi connectivity index (χ1) is 16.5. The monoisotopic (exact) mass is 528 g/mol. The van der Waals surface area contributed by atoms with Crippen LogP contribution in [0, 0.1) is 0 Å². The zero-order chi connectivity index (χ0) is 25.5. The number of amides is 2. The molecule has 2 aliphatic heterocycles. The Labute approximate surface area is 205 Å². The quantitative estimate of drug-likeness (QED) is 0.359. The van der Waals surface area contributed by atoms with Crippen LogP contribution in [0.25, 0.3) is 0 Å². The fourth-order valence-electron chi connectivity index (χ4n) is 3.69. The van der Waals surface area contributed by atoms with Crippen molar-refractivity contribution in [2.75, 3.05) is 11.5 Å². The van der Waals surface area contributed by atoms with Gasteiger partial charge in [0.15, 0.2) is 5.16 Å². The lowest BCUT2D eigenvalue weighted by Gasteiger charge is -2.49. The molecule has 1 aromatic carbocycles. The molecular formula is C20H19F3N6O4S2. The molecule has 3 heterocycles. The summed E-state index contributed by atoms with van der Waals surface area (Å²) in [5, 5.41) is 18.3. The van der Waals surface area contributed by atoms with Crippen LogP contribution in [-0.4, -0.2) is 65.5 Å². The van der Waals surface area contributed by atoms with E-state index >= 15 is 0 Å². The predicted molar refractivity (Wildman–Crippen MR) is 120 cm³/mol. The Bertz CT molecular complexity index is 1200. The van der Waals surface area contributed by atoms with Gasteiger partial charge in [0.25, 0.3) is 5.91 Å². The lowest BCUT2D eigenvalue weighted by Crippen LogP contribution is -2.71. The maximum Gasteiger partial charge on any atom is 0.451 e. The molecule has 2 unspecified atom stereocenters. The van der Waals surface area contributed by atoms with Gasteiger partial charge in [-0.15, -0.1) is 22.0 Å². The molecule has 0 bridgehead atoms. The number of benzene rings is 1. The summed E-state index contributed by atoms with van der Waals surface area (Å²) in [5.74, 6) is -3.50. The number of alkyl halides is 3. The average molecular weight is 529 g/mol. The molecule has 186 valence electrons. The number of carboxylic acids is 1. The second-order valence-electron chi connectivity index (χ2n) is 7.69. The standard InChI is InChI=1S/C20H19F3N6O4S2/c1-28-18(20(21,22)23)26-27-19(28)35-8-10-7-34-16-12(15(31)29(16)13(10)17(32)33)25-14(30)11(24)9-5-3-2-4-6-9/h2-6,11-12,16H,7-8,24H2,1H3,(H,25,30)(H,32,33)/t11?,12?,16-/m1/s1. The lowest BCUT2D eigenvalue weighted by molar-refractivity contribution is -0.150. The Kier molecular flexibility index (Phi) is 6.83. The molecule has 10 nitrogen and oxygen atoms in total. The minimum absolute atomic E-state index is 0.00906. The third-order valence-electron chi connectivity index (χ3n) is 5.45. The van der Waals surface area contributed by atoms with Gasteiger partial charge < -0.3 is 20.7 Å². The highest BCUT2D eigenvalue weighted by molar-refractivity contribution is 8.01. The van der Waals surface area contributed by atoms with E-state index in [9.17, 15) is 32.7 Å². The molecule has 35 heavy (non-hydrogen) atoms. The van der Waals surface area contributed by atoms with Crippen LogP contribution in [0.4, 0.5) is 13.2 Å². The molecule has 2 aromatic rings. The molecular weight excluding hydrogens is 509 g/mol. The summed E-state index contributed by atoms with van der Waals surface area (Å²) in [4.78, 5) is 38.4. The largest absolute Gasteiger partial charge is 0.477 e. The Morgan fingerprint density at radius 3 is 2.60 bits per heavy atom. The Morgan fingerprint density at radius 1 is 1.31 bits per heavy atom. The number of carbonyl (C=O) groups excluding carboxylic acids is 2. The molecule has 1 fully saturated rings. The minimum atomic E-state index is -4.67. The first kappa shape index (κ1) is 25.1. The summed E-state index contributed by atoms with van der Waals surface area (Å²) < 4.78 is 39.6. The molecule has 0 spiro atoms. The van der Waals surface area contributed by atoms with Crippen molar-refractivity contribution in [2.45, 2.75) is 28.8 Å². The van der Waals surface area contributed by atoms with E-state index in [-0.39, 0.29) is 22.4 Å². The van der Waals surface area contributed by atoms with Gasteiger partial charge in [0.2, 0.25) is 11.7 Å². The normalized spacial score (nSPS) is 20.8. The van der Waals surface area contributed by atoms with Gasteiger partial charge in [-0.25, -0.2) is 4.79 Å². The number of aromatic nitrogens is 3. The van der Waals surface area contributed by atoms with E-state index in [1.807, 2.05) is 0 Å². The van der Waals surface area contributed by atoms with E-state index in [1.165, 1.54) is 11.8 Å². The van der Waals surface area contributed by atoms with Crippen LogP contribution in [0.2, 0.25) is 0 Å². The van der Waals surface area contributed by atoms with Crippen molar-refractivity contribution in [3.63, 3.8) is 0 Å². The second kappa shape index (κ2) is 9.54. The van der Waals surface area contributed by atoms with Gasteiger partial charge in [0, 0.05) is 18.6 Å². The first-order valence-electron chi connectivity index (χ1n) is 10.1.